The van der Waals surface area contributed by atoms with Crippen molar-refractivity contribution < 1.29 is 14.3 Å². The van der Waals surface area contributed by atoms with E-state index in [0.29, 0.717) is 18.0 Å². The molecule has 0 saturated heterocycles. The number of amides is 1. The number of thiophene rings is 2. The number of halogens is 1. The minimum atomic E-state index is -0.459. The van der Waals surface area contributed by atoms with Crippen molar-refractivity contribution >= 4 is 56.4 Å². The first kappa shape index (κ1) is 21.2. The number of fused-ring (bicyclic) bond motifs is 1. The van der Waals surface area contributed by atoms with Gasteiger partial charge in [-0.1, -0.05) is 12.8 Å². The second-order valence-corrected chi connectivity index (χ2v) is 8.73. The highest BCUT2D eigenvalue weighted by molar-refractivity contribution is 7.28. The SMILES string of the molecule is CCOC(=O)c1sc2ccsc2c1CNC(=O)C1CCCCC1(C)N.Cl. The van der Waals surface area contributed by atoms with Gasteiger partial charge in [-0.15, -0.1) is 35.1 Å². The highest BCUT2D eigenvalue weighted by Crippen LogP contribution is 2.36. The molecule has 2 aromatic heterocycles. The summed E-state index contributed by atoms with van der Waals surface area (Å²) >= 11 is 3.01. The molecule has 26 heavy (non-hydrogen) atoms. The molecule has 144 valence electrons. The van der Waals surface area contributed by atoms with Gasteiger partial charge >= 0.3 is 5.97 Å². The maximum absolute atomic E-state index is 12.7. The molecule has 2 atom stereocenters. The lowest BCUT2D eigenvalue weighted by Crippen LogP contribution is -2.52. The van der Waals surface area contributed by atoms with Crippen LogP contribution in [0.25, 0.3) is 9.40 Å². The summed E-state index contributed by atoms with van der Waals surface area (Å²) in [4.78, 5) is 25.5. The monoisotopic (exact) mass is 416 g/mol. The first-order chi connectivity index (χ1) is 11.9. The van der Waals surface area contributed by atoms with Crippen LogP contribution >= 0.6 is 35.1 Å². The molecule has 2 aromatic rings. The fourth-order valence-electron chi connectivity index (χ4n) is 3.48. The maximum Gasteiger partial charge on any atom is 0.348 e. The summed E-state index contributed by atoms with van der Waals surface area (Å²) in [5, 5.41) is 5.02. The van der Waals surface area contributed by atoms with Crippen LogP contribution < -0.4 is 11.1 Å². The van der Waals surface area contributed by atoms with Gasteiger partial charge in [0.1, 0.15) is 4.88 Å². The Labute approximate surface area is 167 Å². The summed E-state index contributed by atoms with van der Waals surface area (Å²) in [6.07, 6.45) is 3.80. The van der Waals surface area contributed by atoms with Crippen LogP contribution in [-0.4, -0.2) is 24.0 Å². The zero-order valence-corrected chi connectivity index (χ0v) is 17.5. The number of ether oxygens (including phenoxy) is 1. The topological polar surface area (TPSA) is 81.4 Å². The minimum absolute atomic E-state index is 0. The second kappa shape index (κ2) is 8.69. The summed E-state index contributed by atoms with van der Waals surface area (Å²) in [6, 6.07) is 2.00. The van der Waals surface area contributed by atoms with E-state index in [0.717, 1.165) is 40.6 Å². The van der Waals surface area contributed by atoms with Crippen LogP contribution in [-0.2, 0) is 16.1 Å². The van der Waals surface area contributed by atoms with Gasteiger partial charge in [0.2, 0.25) is 5.91 Å². The first-order valence-corrected chi connectivity index (χ1v) is 10.4. The average molecular weight is 417 g/mol. The smallest absolute Gasteiger partial charge is 0.348 e. The van der Waals surface area contributed by atoms with Crippen molar-refractivity contribution in [3.63, 3.8) is 0 Å². The molecule has 0 bridgehead atoms. The van der Waals surface area contributed by atoms with Gasteiger partial charge in [0.25, 0.3) is 0 Å². The molecule has 1 fully saturated rings. The molecule has 1 aliphatic carbocycles. The molecule has 3 rings (SSSR count). The molecule has 0 radical (unpaired) electrons. The third-order valence-corrected chi connectivity index (χ3v) is 7.14. The average Bonchev–Trinajstić information content (AvgIpc) is 3.13. The molecular weight excluding hydrogens is 392 g/mol. The van der Waals surface area contributed by atoms with E-state index in [1.54, 1.807) is 18.3 Å². The van der Waals surface area contributed by atoms with E-state index in [4.69, 9.17) is 10.5 Å². The molecule has 1 saturated carbocycles. The van der Waals surface area contributed by atoms with Crippen molar-refractivity contribution in [3.05, 3.63) is 21.9 Å². The molecule has 0 aliphatic heterocycles. The fraction of sp³-hybridized carbons (Fsp3) is 0.556. The van der Waals surface area contributed by atoms with E-state index in [9.17, 15) is 9.59 Å². The molecule has 0 aromatic carbocycles. The standard InChI is InChI=1S/C18H24N2O3S2.ClH/c1-3-23-17(22)15-11(14-13(25-15)7-9-24-14)10-20-16(21)12-6-4-5-8-18(12,2)19;/h7,9,12H,3-6,8,10,19H2,1-2H3,(H,20,21);1H. The Morgan fingerprint density at radius 3 is 2.88 bits per heavy atom. The van der Waals surface area contributed by atoms with Gasteiger partial charge in [-0.05, 0) is 38.1 Å². The van der Waals surface area contributed by atoms with E-state index in [1.807, 2.05) is 18.4 Å². The Hall–Kier alpha value is -1.15. The number of nitrogens with one attached hydrogen (secondary N) is 1. The van der Waals surface area contributed by atoms with E-state index in [1.165, 1.54) is 11.3 Å². The van der Waals surface area contributed by atoms with Gasteiger partial charge in [0, 0.05) is 22.3 Å². The zero-order valence-electron chi connectivity index (χ0n) is 15.0. The molecular formula is C18H25ClN2O3S2. The third kappa shape index (κ3) is 4.22. The van der Waals surface area contributed by atoms with Crippen LogP contribution in [0.1, 0.15) is 54.8 Å². The van der Waals surface area contributed by atoms with Crippen molar-refractivity contribution in [2.75, 3.05) is 6.61 Å². The number of carbonyl (C=O) groups is 2. The Bertz CT molecular complexity index is 785. The van der Waals surface area contributed by atoms with Gasteiger partial charge in [-0.25, -0.2) is 4.79 Å². The Morgan fingerprint density at radius 1 is 1.42 bits per heavy atom. The predicted molar refractivity (Wildman–Crippen MR) is 109 cm³/mol. The predicted octanol–water partition coefficient (Wildman–Crippen LogP) is 4.09. The van der Waals surface area contributed by atoms with Crippen molar-refractivity contribution in [3.8, 4) is 0 Å². The summed E-state index contributed by atoms with van der Waals surface area (Å²) < 4.78 is 7.27. The minimum Gasteiger partial charge on any atom is -0.462 e. The van der Waals surface area contributed by atoms with Gasteiger partial charge in [0.15, 0.2) is 0 Å². The molecule has 0 spiro atoms. The molecule has 8 heteroatoms. The van der Waals surface area contributed by atoms with Crippen molar-refractivity contribution in [1.29, 1.82) is 0 Å². The highest BCUT2D eigenvalue weighted by Gasteiger charge is 2.37. The molecule has 2 unspecified atom stereocenters. The van der Waals surface area contributed by atoms with E-state index < -0.39 is 5.54 Å². The highest BCUT2D eigenvalue weighted by atomic mass is 35.5. The zero-order chi connectivity index (χ0) is 18.0. The van der Waals surface area contributed by atoms with Gasteiger partial charge < -0.3 is 15.8 Å². The van der Waals surface area contributed by atoms with Crippen LogP contribution in [0.3, 0.4) is 0 Å². The largest absolute Gasteiger partial charge is 0.462 e. The summed E-state index contributed by atoms with van der Waals surface area (Å²) in [6.45, 7) is 4.42. The summed E-state index contributed by atoms with van der Waals surface area (Å²) in [7, 11) is 0. The number of nitrogens with two attached hydrogens (primary N) is 1. The van der Waals surface area contributed by atoms with Crippen LogP contribution in [0.5, 0.6) is 0 Å². The lowest BCUT2D eigenvalue weighted by Gasteiger charge is -2.37. The van der Waals surface area contributed by atoms with Crippen molar-refractivity contribution in [2.45, 2.75) is 51.6 Å². The van der Waals surface area contributed by atoms with Gasteiger partial charge in [-0.3, -0.25) is 4.79 Å². The van der Waals surface area contributed by atoms with Crippen molar-refractivity contribution in [2.24, 2.45) is 11.7 Å². The normalized spacial score (nSPS) is 22.7. The van der Waals surface area contributed by atoms with E-state index >= 15 is 0 Å². The first-order valence-electron chi connectivity index (χ1n) is 8.66. The Balaban J connectivity index is 0.00000243. The van der Waals surface area contributed by atoms with Crippen LogP contribution in [0, 0.1) is 5.92 Å². The van der Waals surface area contributed by atoms with E-state index in [2.05, 4.69) is 5.32 Å². The van der Waals surface area contributed by atoms with Crippen LogP contribution in [0.15, 0.2) is 11.4 Å². The summed E-state index contributed by atoms with van der Waals surface area (Å²) in [5.74, 6) is -0.512. The Morgan fingerprint density at radius 2 is 2.19 bits per heavy atom. The second-order valence-electron chi connectivity index (χ2n) is 6.77. The molecule has 3 N–H and O–H groups in total. The molecule has 1 aliphatic rings. The van der Waals surface area contributed by atoms with E-state index in [-0.39, 0.29) is 30.2 Å². The lowest BCUT2D eigenvalue weighted by atomic mass is 9.74. The van der Waals surface area contributed by atoms with Crippen LogP contribution in [0.4, 0.5) is 0 Å². The van der Waals surface area contributed by atoms with Crippen molar-refractivity contribution in [1.82, 2.24) is 5.32 Å². The van der Waals surface area contributed by atoms with Crippen LogP contribution in [0.2, 0.25) is 0 Å². The third-order valence-electron chi connectivity index (χ3n) is 4.86. The van der Waals surface area contributed by atoms with Gasteiger partial charge in [-0.2, -0.15) is 0 Å². The number of hydrogen-bond donors (Lipinski definition) is 2. The number of carbonyl (C=O) groups excluding carboxylic acids is 2. The molecule has 5 nitrogen and oxygen atoms in total. The lowest BCUT2D eigenvalue weighted by molar-refractivity contribution is -0.128. The molecule has 1 amide bonds. The fourth-order valence-corrected chi connectivity index (χ4v) is 5.75. The van der Waals surface area contributed by atoms with Gasteiger partial charge in [0.05, 0.1) is 17.2 Å². The summed E-state index contributed by atoms with van der Waals surface area (Å²) in [5.41, 5.74) is 6.73. The number of hydrogen-bond acceptors (Lipinski definition) is 6. The number of esters is 1. The Kier molecular flexibility index (Phi) is 7.07. The number of rotatable bonds is 5. The maximum atomic E-state index is 12.7. The quantitative estimate of drug-likeness (QED) is 0.719. The molecule has 2 heterocycles.